The molecule has 0 saturated heterocycles. The van der Waals surface area contributed by atoms with Crippen LogP contribution >= 0.6 is 0 Å². The third-order valence-electron chi connectivity index (χ3n) is 8.39. The number of benzene rings is 2. The maximum Gasteiger partial charge on any atom is 0.134 e. The largest absolute Gasteiger partial charge is 0.489 e. The second-order valence-electron chi connectivity index (χ2n) is 10.7. The van der Waals surface area contributed by atoms with Crippen LogP contribution in [0, 0.1) is 23.6 Å². The lowest BCUT2D eigenvalue weighted by Gasteiger charge is -2.42. The minimum atomic E-state index is -0.169. The lowest BCUT2D eigenvalue weighted by molar-refractivity contribution is 0.113. The third kappa shape index (κ3) is 6.40. The quantitative estimate of drug-likeness (QED) is 0.258. The van der Waals surface area contributed by atoms with Gasteiger partial charge in [0.2, 0.25) is 0 Å². The van der Waals surface area contributed by atoms with Gasteiger partial charge in [0.1, 0.15) is 18.2 Å². The zero-order chi connectivity index (χ0) is 23.0. The summed E-state index contributed by atoms with van der Waals surface area (Å²) in [7, 11) is 0. The second kappa shape index (κ2) is 12.0. The van der Waals surface area contributed by atoms with Gasteiger partial charge in [-0.15, -0.1) is 0 Å². The molecule has 1 nitrogen and oxygen atoms in total. The van der Waals surface area contributed by atoms with Crippen LogP contribution in [0.1, 0.15) is 102 Å². The molecule has 4 atom stereocenters. The molecule has 2 aromatic carbocycles. The fourth-order valence-electron chi connectivity index (χ4n) is 6.47. The Balaban J connectivity index is 1.34. The summed E-state index contributed by atoms with van der Waals surface area (Å²) >= 11 is 0. The van der Waals surface area contributed by atoms with E-state index in [9.17, 15) is 4.39 Å². The van der Waals surface area contributed by atoms with Crippen LogP contribution in [-0.4, -0.2) is 6.61 Å². The van der Waals surface area contributed by atoms with Crippen LogP contribution in [0.25, 0.3) is 10.8 Å². The standard InChI is InChI=1S/C31H43FO/c1-3-5-7-8-9-10-23-11-12-25-19-26(14-13-24(25)18-23)27-15-16-28-20-29(33-17-6-4-2)22-31(32)30(28)21-27/h4,6,15-16,20-26H,3,5,7-14,17-19H2,1-2H3. The van der Waals surface area contributed by atoms with Crippen molar-refractivity contribution in [1.29, 1.82) is 0 Å². The van der Waals surface area contributed by atoms with Crippen LogP contribution < -0.4 is 4.74 Å². The van der Waals surface area contributed by atoms with Gasteiger partial charge in [0.25, 0.3) is 0 Å². The molecule has 33 heavy (non-hydrogen) atoms. The Labute approximate surface area is 200 Å². The van der Waals surface area contributed by atoms with Gasteiger partial charge in [0, 0.05) is 11.5 Å². The number of ether oxygens (including phenoxy) is 1. The fourth-order valence-corrected chi connectivity index (χ4v) is 6.47. The summed E-state index contributed by atoms with van der Waals surface area (Å²) in [6.45, 7) is 4.73. The Kier molecular flexibility index (Phi) is 8.87. The highest BCUT2D eigenvalue weighted by Gasteiger charge is 2.35. The molecule has 0 bridgehead atoms. The summed E-state index contributed by atoms with van der Waals surface area (Å²) in [5, 5.41) is 1.67. The monoisotopic (exact) mass is 450 g/mol. The van der Waals surface area contributed by atoms with Gasteiger partial charge in [-0.2, -0.15) is 0 Å². The van der Waals surface area contributed by atoms with Gasteiger partial charge in [-0.25, -0.2) is 4.39 Å². The number of halogens is 1. The van der Waals surface area contributed by atoms with E-state index < -0.39 is 0 Å². The Morgan fingerprint density at radius 2 is 1.76 bits per heavy atom. The van der Waals surface area contributed by atoms with E-state index in [-0.39, 0.29) is 5.82 Å². The predicted octanol–water partition coefficient (Wildman–Crippen LogP) is 9.59. The highest BCUT2D eigenvalue weighted by Crippen LogP contribution is 2.48. The van der Waals surface area contributed by atoms with E-state index in [1.165, 1.54) is 88.7 Å². The van der Waals surface area contributed by atoms with E-state index in [1.54, 1.807) is 0 Å². The Morgan fingerprint density at radius 1 is 0.939 bits per heavy atom. The zero-order valence-electron chi connectivity index (χ0n) is 20.8. The molecule has 2 aliphatic carbocycles. The first-order valence-electron chi connectivity index (χ1n) is 13.6. The van der Waals surface area contributed by atoms with Gasteiger partial charge >= 0.3 is 0 Å². The summed E-state index contributed by atoms with van der Waals surface area (Å²) in [6.07, 6.45) is 20.6. The predicted molar refractivity (Wildman–Crippen MR) is 139 cm³/mol. The number of rotatable bonds is 10. The van der Waals surface area contributed by atoms with Gasteiger partial charge < -0.3 is 4.74 Å². The van der Waals surface area contributed by atoms with Crippen molar-refractivity contribution in [1.82, 2.24) is 0 Å². The average Bonchev–Trinajstić information content (AvgIpc) is 2.83. The molecule has 0 heterocycles. The number of hydrogen-bond acceptors (Lipinski definition) is 1. The van der Waals surface area contributed by atoms with E-state index in [0.717, 1.165) is 28.5 Å². The topological polar surface area (TPSA) is 9.23 Å². The molecule has 2 aliphatic rings. The smallest absolute Gasteiger partial charge is 0.134 e. The molecule has 2 aromatic rings. The van der Waals surface area contributed by atoms with Crippen LogP contribution in [0.2, 0.25) is 0 Å². The highest BCUT2D eigenvalue weighted by atomic mass is 19.1. The van der Waals surface area contributed by atoms with Gasteiger partial charge in [-0.1, -0.05) is 76.2 Å². The van der Waals surface area contributed by atoms with Crippen LogP contribution in [0.15, 0.2) is 42.5 Å². The SMILES string of the molecule is CC=CCOc1cc(F)c2cc(C3CCC4CC(CCCCCCC)CCC4C3)ccc2c1. The lowest BCUT2D eigenvalue weighted by atomic mass is 9.63. The molecule has 2 fully saturated rings. The molecular weight excluding hydrogens is 407 g/mol. The Bertz CT molecular complexity index is 917. The molecule has 4 unspecified atom stereocenters. The molecular formula is C31H43FO. The maximum absolute atomic E-state index is 14.9. The molecule has 4 rings (SSSR count). The van der Waals surface area contributed by atoms with Gasteiger partial charge in [0.05, 0.1) is 0 Å². The van der Waals surface area contributed by atoms with Crippen molar-refractivity contribution in [2.24, 2.45) is 17.8 Å². The molecule has 0 aromatic heterocycles. The van der Waals surface area contributed by atoms with Crippen LogP contribution in [0.4, 0.5) is 4.39 Å². The molecule has 0 N–H and O–H groups in total. The molecule has 2 saturated carbocycles. The van der Waals surface area contributed by atoms with Crippen molar-refractivity contribution in [3.8, 4) is 5.75 Å². The number of allylic oxidation sites excluding steroid dienone is 1. The van der Waals surface area contributed by atoms with Crippen molar-refractivity contribution < 1.29 is 9.13 Å². The van der Waals surface area contributed by atoms with Gasteiger partial charge in [0.15, 0.2) is 0 Å². The van der Waals surface area contributed by atoms with Crippen molar-refractivity contribution in [3.63, 3.8) is 0 Å². The number of unbranched alkanes of at least 4 members (excludes halogenated alkanes) is 4. The third-order valence-corrected chi connectivity index (χ3v) is 8.39. The lowest BCUT2D eigenvalue weighted by Crippen LogP contribution is -2.30. The molecule has 0 spiro atoms. The highest BCUT2D eigenvalue weighted by molar-refractivity contribution is 5.85. The van der Waals surface area contributed by atoms with Gasteiger partial charge in [-0.3, -0.25) is 0 Å². The van der Waals surface area contributed by atoms with Gasteiger partial charge in [-0.05, 0) is 85.8 Å². The summed E-state index contributed by atoms with van der Waals surface area (Å²) in [4.78, 5) is 0. The minimum absolute atomic E-state index is 0.169. The minimum Gasteiger partial charge on any atom is -0.489 e. The Morgan fingerprint density at radius 3 is 2.61 bits per heavy atom. The zero-order valence-corrected chi connectivity index (χ0v) is 20.8. The molecule has 0 amide bonds. The van der Waals surface area contributed by atoms with Crippen molar-refractivity contribution >= 4 is 10.8 Å². The van der Waals surface area contributed by atoms with E-state index in [4.69, 9.17) is 4.74 Å². The maximum atomic E-state index is 14.9. The number of hydrogen-bond donors (Lipinski definition) is 0. The molecule has 2 heteroatoms. The van der Waals surface area contributed by atoms with Crippen molar-refractivity contribution in [2.45, 2.75) is 96.8 Å². The number of fused-ring (bicyclic) bond motifs is 2. The second-order valence-corrected chi connectivity index (χ2v) is 10.7. The van der Waals surface area contributed by atoms with E-state index >= 15 is 0 Å². The van der Waals surface area contributed by atoms with Crippen LogP contribution in [0.3, 0.4) is 0 Å². The summed E-state index contributed by atoms with van der Waals surface area (Å²) < 4.78 is 20.6. The van der Waals surface area contributed by atoms with E-state index in [1.807, 2.05) is 25.1 Å². The van der Waals surface area contributed by atoms with Crippen LogP contribution in [0.5, 0.6) is 5.75 Å². The summed E-state index contributed by atoms with van der Waals surface area (Å²) in [5.41, 5.74) is 1.33. The first-order chi connectivity index (χ1) is 16.2. The fraction of sp³-hybridized carbons (Fsp3) is 0.613. The Hall–Kier alpha value is -1.83. The summed E-state index contributed by atoms with van der Waals surface area (Å²) in [5.74, 6) is 3.81. The van der Waals surface area contributed by atoms with Crippen LogP contribution in [-0.2, 0) is 0 Å². The first-order valence-corrected chi connectivity index (χ1v) is 13.6. The van der Waals surface area contributed by atoms with E-state index in [0.29, 0.717) is 18.3 Å². The molecule has 180 valence electrons. The summed E-state index contributed by atoms with van der Waals surface area (Å²) in [6, 6.07) is 9.96. The van der Waals surface area contributed by atoms with Crippen molar-refractivity contribution in [2.75, 3.05) is 6.61 Å². The molecule has 0 aliphatic heterocycles. The van der Waals surface area contributed by atoms with E-state index in [2.05, 4.69) is 25.1 Å². The molecule has 0 radical (unpaired) electrons. The normalized spacial score (nSPS) is 25.4. The van der Waals surface area contributed by atoms with Crippen molar-refractivity contribution in [3.05, 3.63) is 53.9 Å². The first kappa shape index (κ1) is 24.3. The average molecular weight is 451 g/mol.